The van der Waals surface area contributed by atoms with Gasteiger partial charge in [0.2, 0.25) is 5.95 Å². The van der Waals surface area contributed by atoms with Gasteiger partial charge in [0.05, 0.1) is 19.3 Å². The van der Waals surface area contributed by atoms with E-state index in [4.69, 9.17) is 27.4 Å². The van der Waals surface area contributed by atoms with Crippen molar-refractivity contribution in [2.45, 2.75) is 44.3 Å². The van der Waals surface area contributed by atoms with Crippen molar-refractivity contribution in [3.05, 3.63) is 47.9 Å². The smallest absolute Gasteiger partial charge is 0.229 e. The molecule has 5 N–H and O–H groups in total. The molecule has 0 unspecified atom stereocenters. The summed E-state index contributed by atoms with van der Waals surface area (Å²) >= 11 is 6.09. The first-order valence-electron chi connectivity index (χ1n) is 10.2. The van der Waals surface area contributed by atoms with Gasteiger partial charge in [-0.25, -0.2) is 4.98 Å². The number of anilines is 3. The molecule has 4 rings (SSSR count). The molecule has 9 heteroatoms. The first-order valence-corrected chi connectivity index (χ1v) is 10.5. The standard InChI is InChI=1S/C21H26ClN7O/c22-15-2-1-3-18(10-15)27-21-24-12-19(14-11-25-29(13-14)8-9-30)20(28-21)26-17-6-4-16(23)5-7-17/h1-3,10-13,16-17,30H,4-9,23H2,(H2,24,26,27,28)/t16-,17+. The van der Waals surface area contributed by atoms with E-state index in [0.29, 0.717) is 23.6 Å². The molecule has 1 fully saturated rings. The topological polar surface area (TPSA) is 114 Å². The van der Waals surface area contributed by atoms with E-state index in [0.717, 1.165) is 48.3 Å². The van der Waals surface area contributed by atoms with Gasteiger partial charge in [0.1, 0.15) is 5.82 Å². The summed E-state index contributed by atoms with van der Waals surface area (Å²) in [5, 5.41) is 20.9. The molecule has 158 valence electrons. The highest BCUT2D eigenvalue weighted by molar-refractivity contribution is 6.30. The second-order valence-electron chi connectivity index (χ2n) is 7.56. The first kappa shape index (κ1) is 20.6. The van der Waals surface area contributed by atoms with Crippen molar-refractivity contribution < 1.29 is 5.11 Å². The first-order chi connectivity index (χ1) is 14.6. The Morgan fingerprint density at radius 3 is 2.80 bits per heavy atom. The monoisotopic (exact) mass is 427 g/mol. The molecule has 8 nitrogen and oxygen atoms in total. The predicted molar refractivity (Wildman–Crippen MR) is 119 cm³/mol. The van der Waals surface area contributed by atoms with Crippen LogP contribution in [0.5, 0.6) is 0 Å². The maximum absolute atomic E-state index is 9.16. The van der Waals surface area contributed by atoms with Crippen LogP contribution in [0.2, 0.25) is 5.02 Å². The van der Waals surface area contributed by atoms with E-state index in [9.17, 15) is 0 Å². The van der Waals surface area contributed by atoms with Crippen LogP contribution in [-0.4, -0.2) is 43.5 Å². The lowest BCUT2D eigenvalue weighted by Crippen LogP contribution is -2.33. The number of benzene rings is 1. The van der Waals surface area contributed by atoms with E-state index in [2.05, 4.69) is 20.7 Å². The lowest BCUT2D eigenvalue weighted by Gasteiger charge is -2.28. The van der Waals surface area contributed by atoms with Crippen LogP contribution >= 0.6 is 11.6 Å². The third-order valence-electron chi connectivity index (χ3n) is 5.26. The molecule has 0 aliphatic heterocycles. The molecule has 2 heterocycles. The summed E-state index contributed by atoms with van der Waals surface area (Å²) in [5.74, 6) is 1.23. The molecule has 0 radical (unpaired) electrons. The Hall–Kier alpha value is -2.68. The molecule has 3 aromatic rings. The fourth-order valence-electron chi connectivity index (χ4n) is 3.64. The van der Waals surface area contributed by atoms with Gasteiger partial charge >= 0.3 is 0 Å². The third-order valence-corrected chi connectivity index (χ3v) is 5.49. The van der Waals surface area contributed by atoms with Crippen LogP contribution in [-0.2, 0) is 6.54 Å². The number of nitrogens with one attached hydrogen (secondary N) is 2. The number of hydrogen-bond acceptors (Lipinski definition) is 7. The Labute approximate surface area is 180 Å². The summed E-state index contributed by atoms with van der Waals surface area (Å²) in [7, 11) is 0. The van der Waals surface area contributed by atoms with E-state index < -0.39 is 0 Å². The SMILES string of the molecule is N[C@H]1CC[C@@H](Nc2nc(Nc3cccc(Cl)c3)ncc2-c2cnn(CCO)c2)CC1. The van der Waals surface area contributed by atoms with Gasteiger partial charge in [-0.2, -0.15) is 10.1 Å². The van der Waals surface area contributed by atoms with E-state index in [1.165, 1.54) is 0 Å². The van der Waals surface area contributed by atoms with Crippen molar-refractivity contribution in [1.29, 1.82) is 0 Å². The summed E-state index contributed by atoms with van der Waals surface area (Å²) in [6, 6.07) is 8.03. The molecular formula is C21H26ClN7O. The van der Waals surface area contributed by atoms with Gasteiger partial charge in [0, 0.05) is 46.3 Å². The van der Waals surface area contributed by atoms with Gasteiger partial charge in [-0.1, -0.05) is 17.7 Å². The summed E-state index contributed by atoms with van der Waals surface area (Å²) in [4.78, 5) is 9.24. The maximum atomic E-state index is 9.16. The minimum Gasteiger partial charge on any atom is -0.394 e. The van der Waals surface area contributed by atoms with E-state index >= 15 is 0 Å². The van der Waals surface area contributed by atoms with Crippen molar-refractivity contribution in [1.82, 2.24) is 19.7 Å². The van der Waals surface area contributed by atoms with Crippen LogP contribution in [0.1, 0.15) is 25.7 Å². The predicted octanol–water partition coefficient (Wildman–Crippen LogP) is 3.41. The summed E-state index contributed by atoms with van der Waals surface area (Å²) in [5.41, 5.74) is 8.64. The summed E-state index contributed by atoms with van der Waals surface area (Å²) < 4.78 is 1.71. The van der Waals surface area contributed by atoms with Crippen LogP contribution in [0.15, 0.2) is 42.9 Å². The minimum atomic E-state index is 0.0353. The summed E-state index contributed by atoms with van der Waals surface area (Å²) in [6.45, 7) is 0.478. The van der Waals surface area contributed by atoms with E-state index in [1.807, 2.05) is 30.5 Å². The number of hydrogen-bond donors (Lipinski definition) is 4. The number of halogens is 1. The van der Waals surface area contributed by atoms with Crippen molar-refractivity contribution in [2.75, 3.05) is 17.2 Å². The van der Waals surface area contributed by atoms with Crippen LogP contribution in [0, 0.1) is 0 Å². The lowest BCUT2D eigenvalue weighted by atomic mass is 9.91. The van der Waals surface area contributed by atoms with Gasteiger partial charge in [-0.05, 0) is 43.9 Å². The average molecular weight is 428 g/mol. The molecule has 30 heavy (non-hydrogen) atoms. The van der Waals surface area contributed by atoms with Crippen molar-refractivity contribution in [2.24, 2.45) is 5.73 Å². The maximum Gasteiger partial charge on any atom is 0.229 e. The van der Waals surface area contributed by atoms with Crippen LogP contribution < -0.4 is 16.4 Å². The van der Waals surface area contributed by atoms with E-state index in [-0.39, 0.29) is 12.6 Å². The Kier molecular flexibility index (Phi) is 6.47. The molecule has 2 aromatic heterocycles. The van der Waals surface area contributed by atoms with Crippen LogP contribution in [0.25, 0.3) is 11.1 Å². The molecule has 1 aliphatic rings. The molecule has 0 amide bonds. The lowest BCUT2D eigenvalue weighted by molar-refractivity contribution is 0.269. The van der Waals surface area contributed by atoms with Crippen LogP contribution in [0.3, 0.4) is 0 Å². The quantitative estimate of drug-likeness (QED) is 0.456. The fourth-order valence-corrected chi connectivity index (χ4v) is 3.83. The van der Waals surface area contributed by atoms with Gasteiger partial charge in [0.25, 0.3) is 0 Å². The number of rotatable bonds is 7. The van der Waals surface area contributed by atoms with Gasteiger partial charge < -0.3 is 21.5 Å². The Morgan fingerprint density at radius 1 is 1.20 bits per heavy atom. The number of aromatic nitrogens is 4. The number of nitrogens with two attached hydrogens (primary N) is 1. The zero-order valence-corrected chi connectivity index (χ0v) is 17.4. The molecule has 1 aromatic carbocycles. The minimum absolute atomic E-state index is 0.0353. The fraction of sp³-hybridized carbons (Fsp3) is 0.381. The van der Waals surface area contributed by atoms with Gasteiger partial charge in [-0.3, -0.25) is 4.68 Å². The zero-order valence-electron chi connectivity index (χ0n) is 16.6. The molecule has 0 saturated heterocycles. The number of aliphatic hydroxyl groups excluding tert-OH is 1. The van der Waals surface area contributed by atoms with Crippen LogP contribution in [0.4, 0.5) is 17.5 Å². The molecule has 0 bridgehead atoms. The molecule has 1 aliphatic carbocycles. The van der Waals surface area contributed by atoms with Gasteiger partial charge in [-0.15, -0.1) is 0 Å². The number of aliphatic hydroxyl groups is 1. The third kappa shape index (κ3) is 5.08. The Morgan fingerprint density at radius 2 is 2.03 bits per heavy atom. The highest BCUT2D eigenvalue weighted by Crippen LogP contribution is 2.30. The summed E-state index contributed by atoms with van der Waals surface area (Å²) in [6.07, 6.45) is 9.45. The normalized spacial score (nSPS) is 18.9. The molecule has 1 saturated carbocycles. The largest absolute Gasteiger partial charge is 0.394 e. The highest BCUT2D eigenvalue weighted by Gasteiger charge is 2.21. The molecule has 0 spiro atoms. The Bertz CT molecular complexity index is 985. The van der Waals surface area contributed by atoms with Crippen molar-refractivity contribution in [3.8, 4) is 11.1 Å². The number of nitrogens with zero attached hydrogens (tertiary/aromatic N) is 4. The van der Waals surface area contributed by atoms with Gasteiger partial charge in [0.15, 0.2) is 0 Å². The second kappa shape index (κ2) is 9.42. The zero-order chi connectivity index (χ0) is 20.9. The average Bonchev–Trinajstić information content (AvgIpc) is 3.19. The van der Waals surface area contributed by atoms with Crippen molar-refractivity contribution in [3.63, 3.8) is 0 Å². The molecular weight excluding hydrogens is 402 g/mol. The molecule has 0 atom stereocenters. The van der Waals surface area contributed by atoms with E-state index in [1.54, 1.807) is 17.1 Å². The highest BCUT2D eigenvalue weighted by atomic mass is 35.5. The van der Waals surface area contributed by atoms with Crippen molar-refractivity contribution >= 4 is 29.1 Å². The second-order valence-corrected chi connectivity index (χ2v) is 8.00. The Balaban J connectivity index is 1.62.